The topological polar surface area (TPSA) is 49.3 Å². The summed E-state index contributed by atoms with van der Waals surface area (Å²) < 4.78 is 0. The highest BCUT2D eigenvalue weighted by atomic mass is 127. The maximum Gasteiger partial charge on any atom is 0.191 e. The van der Waals surface area contributed by atoms with Crippen LogP contribution in [0.15, 0.2) is 10.4 Å². The Balaban J connectivity index is 0.00000264. The number of nitrogens with zero attached hydrogens (tertiary/aromatic N) is 2. The number of hydrogen-bond donors (Lipinski definition) is 2. The van der Waals surface area contributed by atoms with E-state index in [1.54, 1.807) is 11.3 Å². The lowest BCUT2D eigenvalue weighted by molar-refractivity contribution is 0.283. The van der Waals surface area contributed by atoms with E-state index in [1.807, 2.05) is 7.05 Å². The van der Waals surface area contributed by atoms with Crippen LogP contribution in [0.3, 0.4) is 0 Å². The summed E-state index contributed by atoms with van der Waals surface area (Å²) in [4.78, 5) is 8.95. The van der Waals surface area contributed by atoms with Crippen LogP contribution in [0.25, 0.3) is 0 Å². The zero-order valence-corrected chi connectivity index (χ0v) is 17.8. The number of guanidine groups is 1. The summed E-state index contributed by atoms with van der Waals surface area (Å²) in [6.07, 6.45) is 8.71. The number of hydrogen-bond acceptors (Lipinski definition) is 3. The molecule has 0 saturated heterocycles. The Morgan fingerprint density at radius 3 is 2.61 bits per heavy atom. The van der Waals surface area contributed by atoms with Crippen molar-refractivity contribution in [3.63, 3.8) is 0 Å². The Bertz CT molecular complexity index is 481. The molecule has 2 rings (SSSR count). The molecular formula is C17H31IN4S. The molecule has 0 spiro atoms. The molecule has 1 heterocycles. The maximum atomic E-state index is 4.60. The highest BCUT2D eigenvalue weighted by Gasteiger charge is 2.31. The number of aryl methyl sites for hydroxylation is 1. The standard InChI is InChI=1S/C17H30N4S.HI/c1-4-15-21-14(12-22-15)8-11-19-16(18-3)20-13-17(5-2)9-6-7-10-17;/h12H,4-11,13H2,1-3H3,(H2,18,19,20);1H. The average molecular weight is 450 g/mol. The number of thiazole rings is 1. The quantitative estimate of drug-likeness (QED) is 0.375. The molecule has 1 saturated carbocycles. The lowest BCUT2D eigenvalue weighted by Crippen LogP contribution is -2.43. The van der Waals surface area contributed by atoms with Gasteiger partial charge in [-0.1, -0.05) is 26.7 Å². The van der Waals surface area contributed by atoms with Gasteiger partial charge >= 0.3 is 0 Å². The molecular weight excluding hydrogens is 419 g/mol. The third-order valence-corrected chi connectivity index (χ3v) is 5.89. The van der Waals surface area contributed by atoms with E-state index in [2.05, 4.69) is 39.8 Å². The molecule has 0 aromatic carbocycles. The summed E-state index contributed by atoms with van der Waals surface area (Å²) >= 11 is 1.76. The van der Waals surface area contributed by atoms with E-state index in [1.165, 1.54) is 42.8 Å². The summed E-state index contributed by atoms with van der Waals surface area (Å²) in [5, 5.41) is 10.3. The molecule has 4 nitrogen and oxygen atoms in total. The first-order valence-electron chi connectivity index (χ1n) is 8.59. The van der Waals surface area contributed by atoms with Gasteiger partial charge in [0.05, 0.1) is 10.7 Å². The Morgan fingerprint density at radius 1 is 1.30 bits per heavy atom. The van der Waals surface area contributed by atoms with E-state index in [0.717, 1.165) is 31.9 Å². The third kappa shape index (κ3) is 6.21. The van der Waals surface area contributed by atoms with Crippen LogP contribution < -0.4 is 10.6 Å². The first kappa shape index (κ1) is 20.7. The highest BCUT2D eigenvalue weighted by Crippen LogP contribution is 2.40. The van der Waals surface area contributed by atoms with Gasteiger partial charge in [-0.05, 0) is 31.1 Å². The van der Waals surface area contributed by atoms with E-state index >= 15 is 0 Å². The molecule has 0 bridgehead atoms. The van der Waals surface area contributed by atoms with Crippen LogP contribution in [0.1, 0.15) is 56.7 Å². The van der Waals surface area contributed by atoms with E-state index in [4.69, 9.17) is 0 Å². The van der Waals surface area contributed by atoms with Crippen molar-refractivity contribution in [3.8, 4) is 0 Å². The lowest BCUT2D eigenvalue weighted by atomic mass is 9.83. The highest BCUT2D eigenvalue weighted by molar-refractivity contribution is 14.0. The van der Waals surface area contributed by atoms with Crippen molar-refractivity contribution in [1.82, 2.24) is 15.6 Å². The van der Waals surface area contributed by atoms with Crippen LogP contribution in [-0.2, 0) is 12.8 Å². The van der Waals surface area contributed by atoms with Gasteiger partial charge in [0.15, 0.2) is 5.96 Å². The van der Waals surface area contributed by atoms with Crippen LogP contribution in [0.2, 0.25) is 0 Å². The van der Waals surface area contributed by atoms with Gasteiger partial charge in [0.2, 0.25) is 0 Å². The van der Waals surface area contributed by atoms with Gasteiger partial charge in [-0.2, -0.15) is 0 Å². The number of aromatic nitrogens is 1. The van der Waals surface area contributed by atoms with Gasteiger partial charge in [-0.25, -0.2) is 4.98 Å². The van der Waals surface area contributed by atoms with Gasteiger partial charge in [0.1, 0.15) is 0 Å². The van der Waals surface area contributed by atoms with E-state index in [-0.39, 0.29) is 24.0 Å². The molecule has 6 heteroatoms. The minimum Gasteiger partial charge on any atom is -0.356 e. The molecule has 1 fully saturated rings. The second kappa shape index (κ2) is 10.5. The van der Waals surface area contributed by atoms with Crippen molar-refractivity contribution >= 4 is 41.3 Å². The molecule has 1 aliphatic carbocycles. The first-order valence-corrected chi connectivity index (χ1v) is 9.47. The van der Waals surface area contributed by atoms with E-state index < -0.39 is 0 Å². The zero-order chi connectivity index (χ0) is 15.8. The summed E-state index contributed by atoms with van der Waals surface area (Å²) in [6.45, 7) is 6.39. The number of rotatable bonds is 7. The SMILES string of the molecule is CCc1nc(CCNC(=NC)NCC2(CC)CCCC2)cs1.I. The van der Waals surface area contributed by atoms with E-state index in [0.29, 0.717) is 5.41 Å². The van der Waals surface area contributed by atoms with Gasteiger partial charge in [0, 0.05) is 31.9 Å². The lowest BCUT2D eigenvalue weighted by Gasteiger charge is -2.28. The fourth-order valence-electron chi connectivity index (χ4n) is 3.21. The molecule has 0 amide bonds. The largest absolute Gasteiger partial charge is 0.356 e. The first-order chi connectivity index (χ1) is 10.7. The Morgan fingerprint density at radius 2 is 2.04 bits per heavy atom. The molecule has 132 valence electrons. The summed E-state index contributed by atoms with van der Waals surface area (Å²) in [7, 11) is 1.85. The van der Waals surface area contributed by atoms with Crippen LogP contribution >= 0.6 is 35.3 Å². The van der Waals surface area contributed by atoms with Crippen LogP contribution in [0.4, 0.5) is 0 Å². The van der Waals surface area contributed by atoms with Crippen LogP contribution in [0.5, 0.6) is 0 Å². The minimum atomic E-state index is 0. The second-order valence-electron chi connectivity index (χ2n) is 6.25. The predicted molar refractivity (Wildman–Crippen MR) is 111 cm³/mol. The molecule has 0 unspecified atom stereocenters. The van der Waals surface area contributed by atoms with E-state index in [9.17, 15) is 0 Å². The Kier molecular flexibility index (Phi) is 9.43. The summed E-state index contributed by atoms with van der Waals surface area (Å²) in [5.74, 6) is 0.922. The number of nitrogens with one attached hydrogen (secondary N) is 2. The Labute approximate surface area is 162 Å². The van der Waals surface area contributed by atoms with Crippen LogP contribution in [-0.4, -0.2) is 31.1 Å². The van der Waals surface area contributed by atoms with Crippen molar-refractivity contribution in [3.05, 3.63) is 16.1 Å². The average Bonchev–Trinajstić information content (AvgIpc) is 3.20. The maximum absolute atomic E-state index is 4.60. The molecule has 2 N–H and O–H groups in total. The molecule has 1 aromatic rings. The van der Waals surface area contributed by atoms with Gasteiger partial charge in [-0.15, -0.1) is 35.3 Å². The van der Waals surface area contributed by atoms with Crippen molar-refractivity contribution in [2.75, 3.05) is 20.1 Å². The smallest absolute Gasteiger partial charge is 0.191 e. The van der Waals surface area contributed by atoms with Gasteiger partial charge < -0.3 is 10.6 Å². The molecule has 23 heavy (non-hydrogen) atoms. The fraction of sp³-hybridized carbons (Fsp3) is 0.765. The second-order valence-corrected chi connectivity index (χ2v) is 7.19. The monoisotopic (exact) mass is 450 g/mol. The predicted octanol–water partition coefficient (Wildman–Crippen LogP) is 4.00. The molecule has 0 aliphatic heterocycles. The molecule has 1 aliphatic rings. The normalized spacial score (nSPS) is 16.9. The fourth-order valence-corrected chi connectivity index (χ4v) is 3.99. The number of aliphatic imine (C=N–C) groups is 1. The van der Waals surface area contributed by atoms with Crippen LogP contribution in [0, 0.1) is 5.41 Å². The van der Waals surface area contributed by atoms with Crippen molar-refractivity contribution in [2.45, 2.75) is 58.8 Å². The molecule has 0 radical (unpaired) electrons. The zero-order valence-electron chi connectivity index (χ0n) is 14.7. The van der Waals surface area contributed by atoms with Crippen molar-refractivity contribution in [1.29, 1.82) is 0 Å². The Hall–Kier alpha value is -0.370. The van der Waals surface area contributed by atoms with Crippen molar-refractivity contribution < 1.29 is 0 Å². The van der Waals surface area contributed by atoms with Gasteiger partial charge in [0.25, 0.3) is 0 Å². The molecule has 0 atom stereocenters. The minimum absolute atomic E-state index is 0. The summed E-state index contributed by atoms with van der Waals surface area (Å²) in [5.41, 5.74) is 1.67. The van der Waals surface area contributed by atoms with Gasteiger partial charge in [-0.3, -0.25) is 4.99 Å². The summed E-state index contributed by atoms with van der Waals surface area (Å²) in [6, 6.07) is 0. The van der Waals surface area contributed by atoms with Crippen molar-refractivity contribution in [2.24, 2.45) is 10.4 Å². The molecule has 1 aromatic heterocycles. The number of halogens is 1. The third-order valence-electron chi connectivity index (χ3n) is 4.84.